The van der Waals surface area contributed by atoms with Crippen molar-refractivity contribution < 1.29 is 4.79 Å². The third kappa shape index (κ3) is 2.96. The zero-order valence-corrected chi connectivity index (χ0v) is 12.8. The third-order valence-corrected chi connectivity index (χ3v) is 4.38. The number of benzene rings is 1. The summed E-state index contributed by atoms with van der Waals surface area (Å²) in [6.07, 6.45) is 6.55. The van der Waals surface area contributed by atoms with E-state index in [1.54, 1.807) is 12.4 Å². The van der Waals surface area contributed by atoms with Gasteiger partial charge in [0.2, 0.25) is 5.91 Å². The number of rotatable bonds is 3. The highest BCUT2D eigenvalue weighted by atomic mass is 16.1. The van der Waals surface area contributed by atoms with Crippen LogP contribution in [0.2, 0.25) is 0 Å². The standard InChI is InChI=1S/C18H21N3O/c1-12(14-5-3-9-20-11-14)18(22)21-17-6-2-4-13-10-15(19)7-8-16(13)17/h3,5,7-12,17H,2,4,6,19H2,1H3,(H,21,22). The number of nitrogens with two attached hydrogens (primary N) is 1. The lowest BCUT2D eigenvalue weighted by atomic mass is 9.87. The normalized spacial score (nSPS) is 18.3. The number of aryl methyl sites for hydroxylation is 1. The Bertz CT molecular complexity index is 669. The van der Waals surface area contributed by atoms with Crippen LogP contribution in [0.3, 0.4) is 0 Å². The minimum atomic E-state index is -0.201. The number of anilines is 1. The summed E-state index contributed by atoms with van der Waals surface area (Å²) in [4.78, 5) is 16.6. The summed E-state index contributed by atoms with van der Waals surface area (Å²) in [7, 11) is 0. The highest BCUT2D eigenvalue weighted by Gasteiger charge is 2.24. The molecule has 1 aromatic heterocycles. The molecule has 22 heavy (non-hydrogen) atoms. The molecule has 0 bridgehead atoms. The molecular weight excluding hydrogens is 274 g/mol. The van der Waals surface area contributed by atoms with Gasteiger partial charge in [0.15, 0.2) is 0 Å². The Morgan fingerprint density at radius 3 is 3.05 bits per heavy atom. The fraction of sp³-hybridized carbons (Fsp3) is 0.333. The number of pyridine rings is 1. The number of fused-ring (bicyclic) bond motifs is 1. The molecule has 2 unspecified atom stereocenters. The second kappa shape index (κ2) is 6.18. The molecule has 1 aromatic carbocycles. The molecule has 3 N–H and O–H groups in total. The van der Waals surface area contributed by atoms with Gasteiger partial charge in [0.05, 0.1) is 12.0 Å². The first-order valence-corrected chi connectivity index (χ1v) is 7.74. The van der Waals surface area contributed by atoms with E-state index >= 15 is 0 Å². The largest absolute Gasteiger partial charge is 0.399 e. The molecule has 0 spiro atoms. The maximum absolute atomic E-state index is 12.5. The van der Waals surface area contributed by atoms with Gasteiger partial charge in [0, 0.05) is 18.1 Å². The molecule has 1 amide bonds. The van der Waals surface area contributed by atoms with Gasteiger partial charge in [-0.15, -0.1) is 0 Å². The molecule has 0 fully saturated rings. The van der Waals surface area contributed by atoms with Gasteiger partial charge in [-0.25, -0.2) is 0 Å². The fourth-order valence-corrected chi connectivity index (χ4v) is 3.06. The van der Waals surface area contributed by atoms with Crippen LogP contribution in [0, 0.1) is 0 Å². The van der Waals surface area contributed by atoms with Crippen LogP contribution in [0.4, 0.5) is 5.69 Å². The third-order valence-electron chi connectivity index (χ3n) is 4.38. The second-order valence-corrected chi connectivity index (χ2v) is 5.92. The molecule has 0 saturated carbocycles. The van der Waals surface area contributed by atoms with Crippen molar-refractivity contribution in [3.63, 3.8) is 0 Å². The van der Waals surface area contributed by atoms with Crippen LogP contribution in [-0.4, -0.2) is 10.9 Å². The topological polar surface area (TPSA) is 68.0 Å². The Kier molecular flexibility index (Phi) is 4.09. The van der Waals surface area contributed by atoms with Crippen molar-refractivity contribution in [3.05, 3.63) is 59.4 Å². The molecule has 0 radical (unpaired) electrons. The predicted molar refractivity (Wildman–Crippen MR) is 87.3 cm³/mol. The van der Waals surface area contributed by atoms with Crippen molar-refractivity contribution in [1.29, 1.82) is 0 Å². The van der Waals surface area contributed by atoms with Gasteiger partial charge in [-0.2, -0.15) is 0 Å². The number of carbonyl (C=O) groups is 1. The molecular formula is C18H21N3O. The number of nitrogen functional groups attached to an aromatic ring is 1. The van der Waals surface area contributed by atoms with E-state index in [9.17, 15) is 4.79 Å². The summed E-state index contributed by atoms with van der Waals surface area (Å²) in [5.74, 6) is -0.157. The Morgan fingerprint density at radius 2 is 2.27 bits per heavy atom. The first-order chi connectivity index (χ1) is 10.6. The highest BCUT2D eigenvalue weighted by Crippen LogP contribution is 2.31. The number of nitrogens with zero attached hydrogens (tertiary/aromatic N) is 1. The molecule has 2 aromatic rings. The smallest absolute Gasteiger partial charge is 0.227 e. The quantitative estimate of drug-likeness (QED) is 0.855. The fourth-order valence-electron chi connectivity index (χ4n) is 3.06. The minimum absolute atomic E-state index is 0.0441. The Hall–Kier alpha value is -2.36. The Balaban J connectivity index is 1.76. The zero-order valence-electron chi connectivity index (χ0n) is 12.8. The van der Waals surface area contributed by atoms with E-state index in [2.05, 4.69) is 10.3 Å². The number of hydrogen-bond acceptors (Lipinski definition) is 3. The van der Waals surface area contributed by atoms with Gasteiger partial charge in [-0.1, -0.05) is 12.1 Å². The van der Waals surface area contributed by atoms with E-state index in [0.29, 0.717) is 0 Å². The second-order valence-electron chi connectivity index (χ2n) is 5.92. The lowest BCUT2D eigenvalue weighted by molar-refractivity contribution is -0.123. The number of aromatic nitrogens is 1. The highest BCUT2D eigenvalue weighted by molar-refractivity contribution is 5.83. The van der Waals surface area contributed by atoms with Crippen molar-refractivity contribution in [1.82, 2.24) is 10.3 Å². The van der Waals surface area contributed by atoms with Crippen molar-refractivity contribution in [2.24, 2.45) is 0 Å². The molecule has 3 rings (SSSR count). The van der Waals surface area contributed by atoms with E-state index < -0.39 is 0 Å². The van der Waals surface area contributed by atoms with Crippen molar-refractivity contribution in [2.75, 3.05) is 5.73 Å². The molecule has 4 heteroatoms. The first kappa shape index (κ1) is 14.6. The number of amides is 1. The summed E-state index contributed by atoms with van der Waals surface area (Å²) in [5, 5.41) is 3.19. The summed E-state index contributed by atoms with van der Waals surface area (Å²) >= 11 is 0. The van der Waals surface area contributed by atoms with E-state index in [4.69, 9.17) is 5.73 Å². The average molecular weight is 295 g/mol. The number of nitrogens with one attached hydrogen (secondary N) is 1. The van der Waals surface area contributed by atoms with Crippen molar-refractivity contribution in [3.8, 4) is 0 Å². The Morgan fingerprint density at radius 1 is 1.41 bits per heavy atom. The maximum atomic E-state index is 12.5. The monoisotopic (exact) mass is 295 g/mol. The van der Waals surface area contributed by atoms with E-state index in [1.807, 2.05) is 37.3 Å². The summed E-state index contributed by atoms with van der Waals surface area (Å²) in [6, 6.07) is 9.86. The van der Waals surface area contributed by atoms with E-state index in [0.717, 1.165) is 30.5 Å². The molecule has 2 atom stereocenters. The van der Waals surface area contributed by atoms with Gasteiger partial charge in [0.25, 0.3) is 0 Å². The average Bonchev–Trinajstić information content (AvgIpc) is 2.55. The van der Waals surface area contributed by atoms with Crippen LogP contribution in [-0.2, 0) is 11.2 Å². The van der Waals surface area contributed by atoms with Crippen LogP contribution in [0.5, 0.6) is 0 Å². The molecule has 1 heterocycles. The van der Waals surface area contributed by atoms with Gasteiger partial charge in [-0.3, -0.25) is 9.78 Å². The van der Waals surface area contributed by atoms with Gasteiger partial charge < -0.3 is 11.1 Å². The SMILES string of the molecule is CC(C(=O)NC1CCCc2cc(N)ccc21)c1cccnc1. The molecule has 1 aliphatic rings. The summed E-state index contributed by atoms with van der Waals surface area (Å²) < 4.78 is 0. The predicted octanol–water partition coefficient (Wildman–Crippen LogP) is 2.96. The van der Waals surface area contributed by atoms with Crippen molar-refractivity contribution >= 4 is 11.6 Å². The number of carbonyl (C=O) groups excluding carboxylic acids is 1. The number of hydrogen-bond donors (Lipinski definition) is 2. The Labute approximate surface area is 130 Å². The maximum Gasteiger partial charge on any atom is 0.227 e. The molecule has 114 valence electrons. The first-order valence-electron chi connectivity index (χ1n) is 7.74. The molecule has 1 aliphatic carbocycles. The van der Waals surface area contributed by atoms with Crippen LogP contribution in [0.25, 0.3) is 0 Å². The lowest BCUT2D eigenvalue weighted by Crippen LogP contribution is -2.33. The van der Waals surface area contributed by atoms with Crippen LogP contribution in [0.1, 0.15) is 48.4 Å². The van der Waals surface area contributed by atoms with Crippen LogP contribution >= 0.6 is 0 Å². The molecule has 0 aliphatic heterocycles. The van der Waals surface area contributed by atoms with Crippen LogP contribution in [0.15, 0.2) is 42.7 Å². The summed E-state index contributed by atoms with van der Waals surface area (Å²) in [5.41, 5.74) is 10.0. The van der Waals surface area contributed by atoms with Crippen LogP contribution < -0.4 is 11.1 Å². The summed E-state index contributed by atoms with van der Waals surface area (Å²) in [6.45, 7) is 1.92. The molecule has 0 saturated heterocycles. The van der Waals surface area contributed by atoms with E-state index in [1.165, 1.54) is 11.1 Å². The van der Waals surface area contributed by atoms with Gasteiger partial charge in [0.1, 0.15) is 0 Å². The van der Waals surface area contributed by atoms with Gasteiger partial charge >= 0.3 is 0 Å². The molecule has 4 nitrogen and oxygen atoms in total. The van der Waals surface area contributed by atoms with Gasteiger partial charge in [-0.05, 0) is 61.1 Å². The van der Waals surface area contributed by atoms with Crippen molar-refractivity contribution in [2.45, 2.75) is 38.1 Å². The minimum Gasteiger partial charge on any atom is -0.399 e. The van der Waals surface area contributed by atoms with E-state index in [-0.39, 0.29) is 17.9 Å². The lowest BCUT2D eigenvalue weighted by Gasteiger charge is -2.28. The zero-order chi connectivity index (χ0) is 15.5.